The van der Waals surface area contributed by atoms with Crippen molar-refractivity contribution in [3.63, 3.8) is 0 Å². The van der Waals surface area contributed by atoms with Crippen LogP contribution < -0.4 is 4.72 Å². The van der Waals surface area contributed by atoms with Crippen LogP contribution in [0.3, 0.4) is 0 Å². The van der Waals surface area contributed by atoms with Gasteiger partial charge in [0.15, 0.2) is 0 Å². The van der Waals surface area contributed by atoms with Crippen molar-refractivity contribution in [2.45, 2.75) is 110 Å². The molecule has 0 radical (unpaired) electrons. The fraction of sp³-hybridized carbons (Fsp3) is 0.500. The van der Waals surface area contributed by atoms with Crippen molar-refractivity contribution in [2.75, 3.05) is 11.3 Å². The number of aryl methyl sites for hydroxylation is 1. The van der Waals surface area contributed by atoms with E-state index in [9.17, 15) is 18.0 Å². The van der Waals surface area contributed by atoms with E-state index < -0.39 is 21.0 Å². The number of unbranched alkanes of at least 4 members (excludes halogenated alkanes) is 1. The van der Waals surface area contributed by atoms with Gasteiger partial charge in [0.05, 0.1) is 17.1 Å². The summed E-state index contributed by atoms with van der Waals surface area (Å²) in [5, 5.41) is 3.89. The quantitative estimate of drug-likeness (QED) is 0.243. The standard InChI is InChI=1S/C36H45N5O5S/c1-6-7-14-31-37-36(17-10-11-18-36)34(43)41(31)22-26-15-16-28(27(21-26)23-40-20-19-35(4,5)33(40)42)29-12-8-9-13-30(29)47(44,45)39-32-24(2)25(3)38-46-32/h8-9,12-13,15-16,21,39H,6-7,10-11,14,17-20,22-23H2,1-5H3. The molecule has 0 bridgehead atoms. The average Bonchev–Trinajstić information content (AvgIpc) is 3.78. The molecule has 10 nitrogen and oxygen atoms in total. The molecule has 3 aliphatic rings. The van der Waals surface area contributed by atoms with Gasteiger partial charge in [-0.05, 0) is 62.3 Å². The second kappa shape index (κ2) is 12.6. The van der Waals surface area contributed by atoms with E-state index >= 15 is 0 Å². The Labute approximate surface area is 277 Å². The molecule has 0 atom stereocenters. The number of anilines is 1. The number of carbonyl (C=O) groups is 2. The Morgan fingerprint density at radius 3 is 2.36 bits per heavy atom. The number of hydrogen-bond acceptors (Lipinski definition) is 7. The van der Waals surface area contributed by atoms with Crippen LogP contribution >= 0.6 is 0 Å². The van der Waals surface area contributed by atoms with E-state index in [1.54, 1.807) is 38.1 Å². The summed E-state index contributed by atoms with van der Waals surface area (Å²) < 4.78 is 35.5. The van der Waals surface area contributed by atoms with Crippen LogP contribution in [0.25, 0.3) is 11.1 Å². The normalized spacial score (nSPS) is 18.9. The third-order valence-electron chi connectivity index (χ3n) is 10.1. The topological polar surface area (TPSA) is 125 Å². The zero-order valence-corrected chi connectivity index (χ0v) is 28.9. The van der Waals surface area contributed by atoms with Gasteiger partial charge in [0.25, 0.3) is 15.9 Å². The monoisotopic (exact) mass is 659 g/mol. The van der Waals surface area contributed by atoms with E-state index in [0.717, 1.165) is 68.3 Å². The lowest BCUT2D eigenvalue weighted by Crippen LogP contribution is -2.40. The highest BCUT2D eigenvalue weighted by Gasteiger charge is 2.49. The molecule has 11 heteroatoms. The maximum Gasteiger partial charge on any atom is 0.264 e. The highest BCUT2D eigenvalue weighted by Crippen LogP contribution is 2.41. The summed E-state index contributed by atoms with van der Waals surface area (Å²) in [5.74, 6) is 1.10. The lowest BCUT2D eigenvalue weighted by atomic mass is 9.92. The zero-order chi connectivity index (χ0) is 33.6. The molecule has 47 heavy (non-hydrogen) atoms. The Morgan fingerprint density at radius 2 is 1.70 bits per heavy atom. The van der Waals surface area contributed by atoms with Crippen LogP contribution in [-0.2, 0) is 32.7 Å². The fourth-order valence-electron chi connectivity index (χ4n) is 7.04. The molecule has 2 aromatic carbocycles. The first-order valence-electron chi connectivity index (χ1n) is 16.7. The Balaban J connectivity index is 1.39. The molecule has 1 aromatic heterocycles. The molecule has 3 aromatic rings. The Kier molecular flexibility index (Phi) is 8.80. The summed E-state index contributed by atoms with van der Waals surface area (Å²) in [4.78, 5) is 36.1. The van der Waals surface area contributed by atoms with Gasteiger partial charge in [0.1, 0.15) is 11.4 Å². The number of nitrogens with one attached hydrogen (secondary N) is 1. The SMILES string of the molecule is CCCCC1=NC2(CCCC2)C(=O)N1Cc1ccc(-c2ccccc2S(=O)(=O)Nc2onc(C)c2C)c(CN2CCC(C)(C)C2=O)c1. The van der Waals surface area contributed by atoms with Crippen LogP contribution in [0.15, 0.2) is 56.9 Å². The highest BCUT2D eigenvalue weighted by molar-refractivity contribution is 7.92. The van der Waals surface area contributed by atoms with Crippen molar-refractivity contribution >= 4 is 33.6 Å². The van der Waals surface area contributed by atoms with Gasteiger partial charge in [0, 0.05) is 36.1 Å². The van der Waals surface area contributed by atoms with E-state index in [0.29, 0.717) is 42.0 Å². The Morgan fingerprint density at radius 1 is 0.957 bits per heavy atom. The Hall–Kier alpha value is -3.99. The number of aromatic nitrogens is 1. The van der Waals surface area contributed by atoms with Crippen LogP contribution in [0.5, 0.6) is 0 Å². The fourth-order valence-corrected chi connectivity index (χ4v) is 8.31. The predicted molar refractivity (Wildman–Crippen MR) is 181 cm³/mol. The molecule has 3 heterocycles. The lowest BCUT2D eigenvalue weighted by molar-refractivity contribution is -0.135. The minimum absolute atomic E-state index is 0.0690. The molecule has 1 aliphatic carbocycles. The number of hydrogen-bond donors (Lipinski definition) is 1. The number of likely N-dealkylation sites (tertiary alicyclic amines) is 1. The van der Waals surface area contributed by atoms with Gasteiger partial charge < -0.3 is 9.42 Å². The van der Waals surface area contributed by atoms with Crippen molar-refractivity contribution in [2.24, 2.45) is 10.4 Å². The molecule has 6 rings (SSSR count). The maximum absolute atomic E-state index is 13.9. The van der Waals surface area contributed by atoms with Crippen molar-refractivity contribution < 1.29 is 22.5 Å². The second-order valence-corrected chi connectivity index (χ2v) is 15.6. The first-order valence-corrected chi connectivity index (χ1v) is 18.2. The van der Waals surface area contributed by atoms with Crippen molar-refractivity contribution in [3.05, 3.63) is 64.8 Å². The molecule has 2 amide bonds. The number of nitrogens with zero attached hydrogens (tertiary/aromatic N) is 4. The van der Waals surface area contributed by atoms with E-state index in [4.69, 9.17) is 9.52 Å². The largest absolute Gasteiger partial charge is 0.338 e. The number of rotatable bonds is 11. The summed E-state index contributed by atoms with van der Waals surface area (Å²) >= 11 is 0. The number of amidine groups is 1. The molecule has 1 saturated heterocycles. The molecule has 1 saturated carbocycles. The van der Waals surface area contributed by atoms with E-state index in [1.165, 1.54) is 0 Å². The van der Waals surface area contributed by atoms with Crippen molar-refractivity contribution in [1.29, 1.82) is 0 Å². The van der Waals surface area contributed by atoms with Crippen LogP contribution in [0, 0.1) is 19.3 Å². The van der Waals surface area contributed by atoms with Gasteiger partial charge in [0.2, 0.25) is 11.8 Å². The number of benzene rings is 2. The summed E-state index contributed by atoms with van der Waals surface area (Å²) in [7, 11) is -4.07. The minimum atomic E-state index is -4.07. The summed E-state index contributed by atoms with van der Waals surface area (Å²) in [5.41, 5.74) is 3.07. The average molecular weight is 660 g/mol. The van der Waals surface area contributed by atoms with Gasteiger partial charge in [-0.1, -0.05) is 81.6 Å². The number of carbonyl (C=O) groups excluding carboxylic acids is 2. The van der Waals surface area contributed by atoms with E-state index in [2.05, 4.69) is 16.8 Å². The van der Waals surface area contributed by atoms with Crippen LogP contribution in [0.1, 0.15) is 94.5 Å². The van der Waals surface area contributed by atoms with Crippen LogP contribution in [0.4, 0.5) is 5.88 Å². The molecular weight excluding hydrogens is 614 g/mol. The number of aliphatic imine (C=N–C) groups is 1. The zero-order valence-electron chi connectivity index (χ0n) is 28.1. The molecule has 1 spiro atoms. The first-order chi connectivity index (χ1) is 22.3. The van der Waals surface area contributed by atoms with Crippen LogP contribution in [0.2, 0.25) is 0 Å². The maximum atomic E-state index is 13.9. The minimum Gasteiger partial charge on any atom is -0.338 e. The number of sulfonamides is 1. The molecule has 2 aliphatic heterocycles. The van der Waals surface area contributed by atoms with Gasteiger partial charge in [-0.3, -0.25) is 19.5 Å². The summed E-state index contributed by atoms with van der Waals surface area (Å²) in [6.45, 7) is 10.9. The highest BCUT2D eigenvalue weighted by atomic mass is 32.2. The third kappa shape index (κ3) is 6.22. The van der Waals surface area contributed by atoms with E-state index in [1.807, 2.05) is 41.8 Å². The molecule has 250 valence electrons. The lowest BCUT2D eigenvalue weighted by Gasteiger charge is -2.25. The first kappa shape index (κ1) is 32.9. The van der Waals surface area contributed by atoms with Crippen molar-refractivity contribution in [1.82, 2.24) is 15.0 Å². The van der Waals surface area contributed by atoms with Gasteiger partial charge in [-0.25, -0.2) is 13.1 Å². The van der Waals surface area contributed by atoms with Gasteiger partial charge in [-0.2, -0.15) is 0 Å². The van der Waals surface area contributed by atoms with Crippen molar-refractivity contribution in [3.8, 4) is 11.1 Å². The Bertz CT molecular complexity index is 1840. The molecular formula is C36H45N5O5S. The predicted octanol–water partition coefficient (Wildman–Crippen LogP) is 6.76. The van der Waals surface area contributed by atoms with Gasteiger partial charge >= 0.3 is 0 Å². The smallest absolute Gasteiger partial charge is 0.264 e. The molecule has 2 fully saturated rings. The number of amides is 2. The van der Waals surface area contributed by atoms with Crippen LogP contribution in [-0.4, -0.2) is 53.1 Å². The van der Waals surface area contributed by atoms with E-state index in [-0.39, 0.29) is 22.6 Å². The third-order valence-corrected chi connectivity index (χ3v) is 11.5. The second-order valence-electron chi connectivity index (χ2n) is 13.9. The molecule has 1 N–H and O–H groups in total. The summed E-state index contributed by atoms with van der Waals surface area (Å²) in [6.07, 6.45) is 7.08. The molecule has 0 unspecified atom stereocenters. The summed E-state index contributed by atoms with van der Waals surface area (Å²) in [6, 6.07) is 12.7. The van der Waals surface area contributed by atoms with Gasteiger partial charge in [-0.15, -0.1) is 0 Å².